The maximum absolute atomic E-state index is 13.0. The molecule has 0 unspecified atom stereocenters. The normalized spacial score (nSPS) is 14.5. The summed E-state index contributed by atoms with van der Waals surface area (Å²) in [5.74, 6) is 0.0345. The van der Waals surface area contributed by atoms with Gasteiger partial charge in [0.1, 0.15) is 5.75 Å². The van der Waals surface area contributed by atoms with E-state index in [9.17, 15) is 9.59 Å². The average Bonchev–Trinajstić information content (AvgIpc) is 3.08. The molecule has 0 spiro atoms. The third kappa shape index (κ3) is 6.05. The van der Waals surface area contributed by atoms with Crippen molar-refractivity contribution < 1.29 is 14.3 Å². The highest BCUT2D eigenvalue weighted by atomic mass is 35.5. The molecular formula is C26H20Cl2N2O3S2. The van der Waals surface area contributed by atoms with E-state index in [2.05, 4.69) is 5.32 Å². The van der Waals surface area contributed by atoms with Crippen molar-refractivity contribution in [1.82, 2.24) is 0 Å². The van der Waals surface area contributed by atoms with Gasteiger partial charge >= 0.3 is 0 Å². The van der Waals surface area contributed by atoms with Crippen molar-refractivity contribution in [2.75, 3.05) is 16.8 Å². The first-order chi connectivity index (χ1) is 16.7. The van der Waals surface area contributed by atoms with Crippen molar-refractivity contribution in [3.63, 3.8) is 0 Å². The Labute approximate surface area is 223 Å². The van der Waals surface area contributed by atoms with Crippen LogP contribution in [0.25, 0.3) is 6.08 Å². The summed E-state index contributed by atoms with van der Waals surface area (Å²) in [6, 6.07) is 17.7. The number of halogens is 2. The van der Waals surface area contributed by atoms with E-state index in [1.807, 2.05) is 32.0 Å². The minimum absolute atomic E-state index is 0.118. The van der Waals surface area contributed by atoms with Crippen molar-refractivity contribution in [2.45, 2.75) is 13.8 Å². The lowest BCUT2D eigenvalue weighted by atomic mass is 10.1. The van der Waals surface area contributed by atoms with Gasteiger partial charge in [-0.15, -0.1) is 0 Å². The topological polar surface area (TPSA) is 58.6 Å². The van der Waals surface area contributed by atoms with Crippen LogP contribution in [-0.4, -0.2) is 22.7 Å². The summed E-state index contributed by atoms with van der Waals surface area (Å²) < 4.78 is 5.98. The molecule has 3 aromatic carbocycles. The van der Waals surface area contributed by atoms with Crippen molar-refractivity contribution in [1.29, 1.82) is 0 Å². The molecule has 0 aliphatic carbocycles. The average molecular weight is 543 g/mol. The van der Waals surface area contributed by atoms with Gasteiger partial charge in [-0.3, -0.25) is 14.5 Å². The number of thiocarbonyl (C=S) groups is 1. The summed E-state index contributed by atoms with van der Waals surface area (Å²) >= 11 is 18.8. The number of carbonyl (C=O) groups is 2. The number of hydrogen-bond donors (Lipinski definition) is 1. The van der Waals surface area contributed by atoms with E-state index in [0.717, 1.165) is 22.4 Å². The molecule has 0 radical (unpaired) electrons. The molecule has 178 valence electrons. The Bertz CT molecular complexity index is 1360. The molecule has 1 saturated heterocycles. The molecule has 35 heavy (non-hydrogen) atoms. The summed E-state index contributed by atoms with van der Waals surface area (Å²) in [7, 11) is 0. The second-order valence-electron chi connectivity index (χ2n) is 7.82. The van der Waals surface area contributed by atoms with Gasteiger partial charge in [-0.1, -0.05) is 65.4 Å². The number of thioether (sulfide) groups is 1. The molecule has 1 heterocycles. The van der Waals surface area contributed by atoms with Gasteiger partial charge in [0, 0.05) is 10.7 Å². The summed E-state index contributed by atoms with van der Waals surface area (Å²) in [6.45, 7) is 3.89. The van der Waals surface area contributed by atoms with E-state index in [1.54, 1.807) is 48.5 Å². The van der Waals surface area contributed by atoms with Crippen molar-refractivity contribution in [2.24, 2.45) is 0 Å². The van der Waals surface area contributed by atoms with Gasteiger partial charge in [-0.25, -0.2) is 0 Å². The fourth-order valence-electron chi connectivity index (χ4n) is 3.31. The molecule has 0 atom stereocenters. The van der Waals surface area contributed by atoms with Gasteiger partial charge in [-0.2, -0.15) is 0 Å². The van der Waals surface area contributed by atoms with Gasteiger partial charge in [-0.05, 0) is 79.1 Å². The zero-order valence-corrected chi connectivity index (χ0v) is 21.9. The predicted molar refractivity (Wildman–Crippen MR) is 149 cm³/mol. The van der Waals surface area contributed by atoms with Crippen molar-refractivity contribution in [3.05, 3.63) is 92.3 Å². The maximum Gasteiger partial charge on any atom is 0.270 e. The Kier molecular flexibility index (Phi) is 7.82. The summed E-state index contributed by atoms with van der Waals surface area (Å²) in [5.41, 5.74) is 4.28. The first-order valence-corrected chi connectivity index (χ1v) is 12.5. The molecule has 3 aromatic rings. The number of carbonyl (C=O) groups excluding carboxylic acids is 2. The van der Waals surface area contributed by atoms with Crippen LogP contribution in [0.15, 0.2) is 65.6 Å². The van der Waals surface area contributed by atoms with Crippen LogP contribution in [0.5, 0.6) is 5.75 Å². The Hall–Kier alpha value is -2.84. The lowest BCUT2D eigenvalue weighted by Gasteiger charge is -2.16. The van der Waals surface area contributed by atoms with Crippen LogP contribution >= 0.6 is 47.2 Å². The number of benzene rings is 3. The van der Waals surface area contributed by atoms with E-state index in [4.69, 9.17) is 40.2 Å². The van der Waals surface area contributed by atoms with Gasteiger partial charge in [0.2, 0.25) is 0 Å². The Morgan fingerprint density at radius 3 is 2.49 bits per heavy atom. The Morgan fingerprint density at radius 1 is 1.06 bits per heavy atom. The number of ether oxygens (including phenoxy) is 1. The fraction of sp³-hybridized carbons (Fsp3) is 0.115. The fourth-order valence-corrected chi connectivity index (χ4v) is 5.09. The minimum Gasteiger partial charge on any atom is -0.484 e. The summed E-state index contributed by atoms with van der Waals surface area (Å²) in [4.78, 5) is 27.1. The highest BCUT2D eigenvalue weighted by Gasteiger charge is 2.34. The van der Waals surface area contributed by atoms with Gasteiger partial charge in [0.05, 0.1) is 15.6 Å². The second-order valence-corrected chi connectivity index (χ2v) is 10.3. The number of hydrogen-bond acceptors (Lipinski definition) is 5. The van der Waals surface area contributed by atoms with Crippen LogP contribution in [0.2, 0.25) is 10.0 Å². The standard InChI is InChI=1S/C26H20Cl2N2O3S2/c1-15-3-7-19(11-16(15)2)29-24(31)14-33-20-8-4-17(5-9-20)12-23-25(32)30(26(34)35-23)22-10-6-18(27)13-21(22)28/h3-13H,14H2,1-2H3,(H,29,31)/b23-12+. The summed E-state index contributed by atoms with van der Waals surface area (Å²) in [6.07, 6.45) is 1.75. The lowest BCUT2D eigenvalue weighted by molar-refractivity contribution is -0.118. The van der Waals surface area contributed by atoms with E-state index < -0.39 is 0 Å². The smallest absolute Gasteiger partial charge is 0.270 e. The minimum atomic E-state index is -0.257. The maximum atomic E-state index is 13.0. The molecular weight excluding hydrogens is 523 g/mol. The SMILES string of the molecule is Cc1ccc(NC(=O)COc2ccc(/C=C3/SC(=S)N(c4ccc(Cl)cc4Cl)C3=O)cc2)cc1C. The monoisotopic (exact) mass is 542 g/mol. The second kappa shape index (κ2) is 10.8. The molecule has 1 aliphatic rings. The quantitative estimate of drug-likeness (QED) is 0.267. The largest absolute Gasteiger partial charge is 0.484 e. The molecule has 5 nitrogen and oxygen atoms in total. The van der Waals surface area contributed by atoms with Crippen LogP contribution in [-0.2, 0) is 9.59 Å². The first kappa shape index (κ1) is 25.3. The van der Waals surface area contributed by atoms with Crippen LogP contribution in [0.1, 0.15) is 16.7 Å². The van der Waals surface area contributed by atoms with Crippen LogP contribution < -0.4 is 15.0 Å². The van der Waals surface area contributed by atoms with E-state index >= 15 is 0 Å². The van der Waals surface area contributed by atoms with Gasteiger partial charge in [0.15, 0.2) is 10.9 Å². The van der Waals surface area contributed by atoms with E-state index in [0.29, 0.717) is 30.7 Å². The number of amides is 2. The molecule has 0 aromatic heterocycles. The van der Waals surface area contributed by atoms with Crippen LogP contribution in [0.3, 0.4) is 0 Å². The molecule has 2 amide bonds. The third-order valence-corrected chi connectivity index (χ3v) is 7.12. The number of aryl methyl sites for hydroxylation is 2. The zero-order chi connectivity index (χ0) is 25.1. The van der Waals surface area contributed by atoms with Crippen molar-refractivity contribution in [3.8, 4) is 5.75 Å². The highest BCUT2D eigenvalue weighted by Crippen LogP contribution is 2.39. The number of rotatable bonds is 6. The molecule has 9 heteroatoms. The molecule has 1 N–H and O–H groups in total. The zero-order valence-electron chi connectivity index (χ0n) is 18.8. The third-order valence-electron chi connectivity index (χ3n) is 5.28. The molecule has 0 bridgehead atoms. The van der Waals surface area contributed by atoms with E-state index in [1.165, 1.54) is 16.7 Å². The molecule has 1 aliphatic heterocycles. The lowest BCUT2D eigenvalue weighted by Crippen LogP contribution is -2.27. The number of nitrogens with one attached hydrogen (secondary N) is 1. The number of anilines is 2. The van der Waals surface area contributed by atoms with Crippen molar-refractivity contribution >= 4 is 80.8 Å². The predicted octanol–water partition coefficient (Wildman–Crippen LogP) is 7.03. The molecule has 0 saturated carbocycles. The van der Waals surface area contributed by atoms with Crippen LogP contribution in [0, 0.1) is 13.8 Å². The Morgan fingerprint density at radius 2 is 1.80 bits per heavy atom. The molecule has 1 fully saturated rings. The summed E-state index contributed by atoms with van der Waals surface area (Å²) in [5, 5.41) is 3.65. The van der Waals surface area contributed by atoms with E-state index in [-0.39, 0.29) is 18.4 Å². The van der Waals surface area contributed by atoms with Crippen LogP contribution in [0.4, 0.5) is 11.4 Å². The highest BCUT2D eigenvalue weighted by molar-refractivity contribution is 8.27. The van der Waals surface area contributed by atoms with Gasteiger partial charge in [0.25, 0.3) is 11.8 Å². The number of nitrogens with zero attached hydrogens (tertiary/aromatic N) is 1. The van der Waals surface area contributed by atoms with Gasteiger partial charge < -0.3 is 10.1 Å². The Balaban J connectivity index is 1.38. The first-order valence-electron chi connectivity index (χ1n) is 10.5. The molecule has 4 rings (SSSR count).